The zero-order valence-electron chi connectivity index (χ0n) is 18.8. The molecule has 3 nitrogen and oxygen atoms in total. The summed E-state index contributed by atoms with van der Waals surface area (Å²) >= 11 is 7.87. The highest BCUT2D eigenvalue weighted by molar-refractivity contribution is 7.99. The second kappa shape index (κ2) is 11.9. The minimum atomic E-state index is -0.0545. The van der Waals surface area contributed by atoms with Gasteiger partial charge in [-0.3, -0.25) is 4.79 Å². The van der Waals surface area contributed by atoms with Crippen molar-refractivity contribution in [2.24, 2.45) is 4.99 Å². The van der Waals surface area contributed by atoms with Gasteiger partial charge < -0.3 is 5.32 Å². The number of amides is 1. The Morgan fingerprint density at radius 2 is 1.94 bits per heavy atom. The molecule has 2 aromatic rings. The molecule has 0 fully saturated rings. The first-order valence-electron chi connectivity index (χ1n) is 11.2. The summed E-state index contributed by atoms with van der Waals surface area (Å²) in [5.74, 6) is -0.0545. The lowest BCUT2D eigenvalue weighted by Gasteiger charge is -2.10. The fourth-order valence-corrected chi connectivity index (χ4v) is 4.54. The zero-order valence-corrected chi connectivity index (χ0v) is 20.4. The Morgan fingerprint density at radius 1 is 1.12 bits per heavy atom. The van der Waals surface area contributed by atoms with Gasteiger partial charge in [0.1, 0.15) is 0 Å². The maximum absolute atomic E-state index is 12.6. The highest BCUT2D eigenvalue weighted by Crippen LogP contribution is 2.42. The molecule has 5 heteroatoms. The van der Waals surface area contributed by atoms with Gasteiger partial charge >= 0.3 is 0 Å². The summed E-state index contributed by atoms with van der Waals surface area (Å²) in [6.07, 6.45) is 10.7. The summed E-state index contributed by atoms with van der Waals surface area (Å²) in [5, 5.41) is 3.69. The molecule has 1 heterocycles. The van der Waals surface area contributed by atoms with Gasteiger partial charge in [0.05, 0.1) is 11.4 Å². The molecule has 0 bridgehead atoms. The van der Waals surface area contributed by atoms with Crippen molar-refractivity contribution in [2.45, 2.75) is 49.8 Å². The average Bonchev–Trinajstić information content (AvgIpc) is 3.13. The van der Waals surface area contributed by atoms with E-state index in [1.165, 1.54) is 0 Å². The number of rotatable bonds is 5. The van der Waals surface area contributed by atoms with E-state index in [1.54, 1.807) is 11.8 Å². The molecule has 1 N–H and O–H groups in total. The summed E-state index contributed by atoms with van der Waals surface area (Å²) in [4.78, 5) is 19.8. The van der Waals surface area contributed by atoms with E-state index in [9.17, 15) is 4.79 Å². The molecule has 32 heavy (non-hydrogen) atoms. The third-order valence-electron chi connectivity index (χ3n) is 4.99. The average molecular weight is 465 g/mol. The van der Waals surface area contributed by atoms with Crippen LogP contribution in [-0.4, -0.2) is 18.2 Å². The Balaban J connectivity index is 0.00000141. The molecule has 4 rings (SSSR count). The first-order chi connectivity index (χ1) is 15.7. The zero-order chi connectivity index (χ0) is 22.9. The number of unbranched alkanes of at least 4 members (excludes halogenated alkanes) is 1. The summed E-state index contributed by atoms with van der Waals surface area (Å²) < 4.78 is 0. The number of halogens is 1. The summed E-state index contributed by atoms with van der Waals surface area (Å²) in [7, 11) is 0. The molecule has 1 aliphatic carbocycles. The molecule has 0 unspecified atom stereocenters. The molecule has 0 saturated carbocycles. The Morgan fingerprint density at radius 3 is 2.75 bits per heavy atom. The molecule has 0 radical (unpaired) electrons. The fourth-order valence-electron chi connectivity index (χ4n) is 3.39. The summed E-state index contributed by atoms with van der Waals surface area (Å²) in [6, 6.07) is 14.1. The first kappa shape index (κ1) is 24.1. The number of hydrogen-bond acceptors (Lipinski definition) is 3. The van der Waals surface area contributed by atoms with E-state index < -0.39 is 0 Å². The second-order valence-corrected chi connectivity index (χ2v) is 8.72. The Hall–Kier alpha value is -2.56. The Labute approximate surface area is 200 Å². The van der Waals surface area contributed by atoms with Gasteiger partial charge in [-0.2, -0.15) is 0 Å². The van der Waals surface area contributed by atoms with Gasteiger partial charge in [0, 0.05) is 32.5 Å². The van der Waals surface area contributed by atoms with Crippen LogP contribution in [0.2, 0.25) is 0 Å². The lowest BCUT2D eigenvalue weighted by atomic mass is 9.99. The molecule has 0 spiro atoms. The molecule has 0 saturated heterocycles. The number of fused-ring (bicyclic) bond motifs is 2. The molecule has 1 amide bonds. The number of carbonyl (C=O) groups is 1. The predicted molar refractivity (Wildman–Crippen MR) is 138 cm³/mol. The van der Waals surface area contributed by atoms with Crippen LogP contribution < -0.4 is 5.32 Å². The molecular formula is C27H29ClN2OS. The van der Waals surface area contributed by atoms with Crippen LogP contribution >= 0.6 is 23.4 Å². The van der Waals surface area contributed by atoms with Crippen molar-refractivity contribution in [3.8, 4) is 0 Å². The third-order valence-corrected chi connectivity index (χ3v) is 6.39. The van der Waals surface area contributed by atoms with Crippen molar-refractivity contribution in [3.05, 3.63) is 88.5 Å². The maximum Gasteiger partial charge on any atom is 0.251 e. The maximum atomic E-state index is 12.6. The summed E-state index contributed by atoms with van der Waals surface area (Å²) in [6.45, 7) is 6.80. The molecular weight excluding hydrogens is 436 g/mol. The number of nitrogens with zero attached hydrogens (tertiary/aromatic N) is 1. The van der Waals surface area contributed by atoms with Gasteiger partial charge in [-0.15, -0.1) is 0 Å². The highest BCUT2D eigenvalue weighted by Gasteiger charge is 2.21. The van der Waals surface area contributed by atoms with Crippen LogP contribution in [0.25, 0.3) is 0 Å². The molecule has 2 aliphatic rings. The SMILES string of the molecule is CC.CCCCNC(=O)c1ccc2c(c1)N=C(C1=CC=C(Cl)C=CC1)c1ccccc1S2. The van der Waals surface area contributed by atoms with E-state index in [2.05, 4.69) is 30.4 Å². The van der Waals surface area contributed by atoms with Crippen molar-refractivity contribution in [1.29, 1.82) is 0 Å². The minimum Gasteiger partial charge on any atom is -0.352 e. The van der Waals surface area contributed by atoms with Crippen LogP contribution in [0.3, 0.4) is 0 Å². The smallest absolute Gasteiger partial charge is 0.251 e. The second-order valence-electron chi connectivity index (χ2n) is 7.20. The van der Waals surface area contributed by atoms with Gasteiger partial charge in [0.15, 0.2) is 0 Å². The summed E-state index contributed by atoms with van der Waals surface area (Å²) in [5.41, 5.74) is 4.57. The Kier molecular flexibility index (Phi) is 8.95. The standard InChI is InChI=1S/C25H23ClN2OS.C2H6/c1-2-3-15-27-25(29)18-12-14-23-21(16-18)28-24(17-7-6-8-19(26)13-11-17)20-9-4-5-10-22(20)30-23;1-2/h4-6,8-14,16H,2-3,7,15H2,1H3,(H,27,29);1-2H3. The van der Waals surface area contributed by atoms with Crippen molar-refractivity contribution >= 4 is 40.7 Å². The number of allylic oxidation sites excluding steroid dienone is 6. The molecule has 1 aliphatic heterocycles. The largest absolute Gasteiger partial charge is 0.352 e. The van der Waals surface area contributed by atoms with Crippen molar-refractivity contribution in [3.63, 3.8) is 0 Å². The van der Waals surface area contributed by atoms with E-state index in [-0.39, 0.29) is 5.91 Å². The number of nitrogens with one attached hydrogen (secondary N) is 1. The highest BCUT2D eigenvalue weighted by atomic mass is 35.5. The number of benzene rings is 2. The number of hydrogen-bond donors (Lipinski definition) is 1. The first-order valence-corrected chi connectivity index (χ1v) is 12.4. The van der Waals surface area contributed by atoms with Gasteiger partial charge in [0.25, 0.3) is 5.91 Å². The van der Waals surface area contributed by atoms with E-state index >= 15 is 0 Å². The number of aliphatic imine (C=N–C) groups is 1. The quantitative estimate of drug-likeness (QED) is 0.458. The van der Waals surface area contributed by atoms with E-state index in [4.69, 9.17) is 16.6 Å². The van der Waals surface area contributed by atoms with Gasteiger partial charge in [-0.1, -0.05) is 80.9 Å². The molecule has 166 valence electrons. The van der Waals surface area contributed by atoms with Crippen molar-refractivity contribution < 1.29 is 4.79 Å². The van der Waals surface area contributed by atoms with Gasteiger partial charge in [-0.25, -0.2) is 4.99 Å². The Bertz CT molecular complexity index is 1100. The fraction of sp³-hybridized carbons (Fsp3) is 0.259. The molecule has 0 aromatic heterocycles. The van der Waals surface area contributed by atoms with Crippen molar-refractivity contribution in [1.82, 2.24) is 5.32 Å². The number of carbonyl (C=O) groups excluding carboxylic acids is 1. The van der Waals surface area contributed by atoms with E-state index in [0.717, 1.165) is 51.6 Å². The normalized spacial score (nSPS) is 14.3. The molecule has 2 aromatic carbocycles. The van der Waals surface area contributed by atoms with Gasteiger partial charge in [-0.05, 0) is 54.8 Å². The monoisotopic (exact) mass is 464 g/mol. The van der Waals surface area contributed by atoms with Crippen LogP contribution in [0.1, 0.15) is 56.0 Å². The van der Waals surface area contributed by atoms with Crippen LogP contribution in [-0.2, 0) is 0 Å². The third kappa shape index (κ3) is 5.81. The van der Waals surface area contributed by atoms with Crippen LogP contribution in [0.4, 0.5) is 5.69 Å². The lowest BCUT2D eigenvalue weighted by Crippen LogP contribution is -2.24. The predicted octanol–water partition coefficient (Wildman–Crippen LogP) is 7.84. The van der Waals surface area contributed by atoms with Crippen molar-refractivity contribution in [2.75, 3.05) is 6.54 Å². The minimum absolute atomic E-state index is 0.0545. The molecule has 0 atom stereocenters. The lowest BCUT2D eigenvalue weighted by molar-refractivity contribution is 0.0953. The van der Waals surface area contributed by atoms with E-state index in [1.807, 2.05) is 62.4 Å². The van der Waals surface area contributed by atoms with Crippen LogP contribution in [0, 0.1) is 0 Å². The van der Waals surface area contributed by atoms with Crippen LogP contribution in [0.15, 0.2) is 92.2 Å². The van der Waals surface area contributed by atoms with Crippen LogP contribution in [0.5, 0.6) is 0 Å². The topological polar surface area (TPSA) is 41.5 Å². The van der Waals surface area contributed by atoms with Gasteiger partial charge in [0.2, 0.25) is 0 Å². The van der Waals surface area contributed by atoms with E-state index in [0.29, 0.717) is 17.1 Å².